The lowest BCUT2D eigenvalue weighted by Gasteiger charge is -2.21. The number of nitrogens with one attached hydrogen (secondary N) is 1. The Bertz CT molecular complexity index is 1100. The van der Waals surface area contributed by atoms with Crippen molar-refractivity contribution in [1.82, 2.24) is 20.1 Å². The van der Waals surface area contributed by atoms with Crippen LogP contribution in [0.4, 0.5) is 4.79 Å². The zero-order chi connectivity index (χ0) is 22.9. The molecule has 2 unspecified atom stereocenters. The number of fused-ring (bicyclic) bond motifs is 1. The molecular formula is C24H30N4O4. The highest BCUT2D eigenvalue weighted by atomic mass is 16.6. The average Bonchev–Trinajstić information content (AvgIpc) is 3.41. The molecule has 1 aliphatic heterocycles. The van der Waals surface area contributed by atoms with Gasteiger partial charge in [0, 0.05) is 37.0 Å². The number of phenolic OH excluding ortho intramolecular Hbond substituents is 1. The quantitative estimate of drug-likeness (QED) is 0.597. The fourth-order valence-electron chi connectivity index (χ4n) is 3.75. The Balaban J connectivity index is 1.47. The number of carbonyl (C=O) groups excluding carboxylic acids is 1. The van der Waals surface area contributed by atoms with E-state index in [1.54, 1.807) is 10.9 Å². The third-order valence-corrected chi connectivity index (χ3v) is 5.46. The molecule has 32 heavy (non-hydrogen) atoms. The van der Waals surface area contributed by atoms with Gasteiger partial charge in [-0.25, -0.2) is 9.48 Å². The first-order valence-electron chi connectivity index (χ1n) is 11.0. The van der Waals surface area contributed by atoms with Crippen molar-refractivity contribution in [2.24, 2.45) is 0 Å². The number of phenols is 1. The molecule has 4 rings (SSSR count). The number of carbonyl (C=O) groups is 1. The van der Waals surface area contributed by atoms with Crippen molar-refractivity contribution in [2.75, 3.05) is 13.2 Å². The van der Waals surface area contributed by atoms with Crippen LogP contribution < -0.4 is 5.32 Å². The third kappa shape index (κ3) is 4.85. The Hall–Kier alpha value is -3.13. The standard InChI is InChI=1S/C24H30N4O4/c1-15(12-26-23(30)32-24(2,3)4)16-7-9-19(25-13-16)17-8-10-20-18(22(17)29)14-28(27-20)21-6-5-11-31-21/h7-10,13-15,21,29H,5-6,11-12H2,1-4H3,(H,26,30). The van der Waals surface area contributed by atoms with Gasteiger partial charge in [-0.3, -0.25) is 4.98 Å². The SMILES string of the molecule is CC(CNC(=O)OC(C)(C)C)c1ccc(-c2ccc3nn(C4CCCO4)cc3c2O)nc1. The lowest BCUT2D eigenvalue weighted by molar-refractivity contribution is 0.0473. The van der Waals surface area contributed by atoms with Crippen molar-refractivity contribution < 1.29 is 19.4 Å². The van der Waals surface area contributed by atoms with Gasteiger partial charge < -0.3 is 19.9 Å². The van der Waals surface area contributed by atoms with E-state index in [0.717, 1.165) is 30.5 Å². The second kappa shape index (κ2) is 8.78. The molecular weight excluding hydrogens is 408 g/mol. The van der Waals surface area contributed by atoms with Crippen LogP contribution in [0.1, 0.15) is 58.2 Å². The zero-order valence-corrected chi connectivity index (χ0v) is 19.0. The Morgan fingerprint density at radius 2 is 2.16 bits per heavy atom. The van der Waals surface area contributed by atoms with Crippen LogP contribution in [-0.2, 0) is 9.47 Å². The average molecular weight is 439 g/mol. The van der Waals surface area contributed by atoms with Gasteiger partial charge in [0.2, 0.25) is 0 Å². The van der Waals surface area contributed by atoms with Crippen LogP contribution in [0.5, 0.6) is 5.75 Å². The van der Waals surface area contributed by atoms with Gasteiger partial charge in [-0.2, -0.15) is 5.10 Å². The number of alkyl carbamates (subject to hydrolysis) is 1. The number of ether oxygens (including phenoxy) is 2. The summed E-state index contributed by atoms with van der Waals surface area (Å²) in [6.45, 7) is 8.68. The maximum atomic E-state index is 11.9. The van der Waals surface area contributed by atoms with E-state index in [4.69, 9.17) is 9.47 Å². The van der Waals surface area contributed by atoms with Gasteiger partial charge >= 0.3 is 6.09 Å². The second-order valence-electron chi connectivity index (χ2n) is 9.23. The lowest BCUT2D eigenvalue weighted by atomic mass is 10.0. The van der Waals surface area contributed by atoms with Crippen LogP contribution in [0, 0.1) is 0 Å². The van der Waals surface area contributed by atoms with Gasteiger partial charge in [0.15, 0.2) is 0 Å². The molecule has 3 aromatic rings. The number of amides is 1. The fraction of sp³-hybridized carbons (Fsp3) is 0.458. The highest BCUT2D eigenvalue weighted by Gasteiger charge is 2.21. The predicted octanol–water partition coefficient (Wildman–Crippen LogP) is 4.74. The highest BCUT2D eigenvalue weighted by molar-refractivity contribution is 5.91. The number of pyridine rings is 1. The molecule has 3 heterocycles. The molecule has 0 saturated carbocycles. The minimum absolute atomic E-state index is 0.0600. The summed E-state index contributed by atoms with van der Waals surface area (Å²) in [7, 11) is 0. The van der Waals surface area contributed by atoms with Crippen molar-refractivity contribution in [3.8, 4) is 17.0 Å². The minimum atomic E-state index is -0.528. The monoisotopic (exact) mass is 438 g/mol. The Labute approximate surface area is 187 Å². The van der Waals surface area contributed by atoms with E-state index < -0.39 is 11.7 Å². The molecule has 0 spiro atoms. The summed E-state index contributed by atoms with van der Waals surface area (Å²) in [6, 6.07) is 7.56. The Morgan fingerprint density at radius 3 is 2.81 bits per heavy atom. The molecule has 2 aromatic heterocycles. The summed E-state index contributed by atoms with van der Waals surface area (Å²) in [4.78, 5) is 16.4. The minimum Gasteiger partial charge on any atom is -0.506 e. The normalized spacial score (nSPS) is 17.4. The molecule has 1 aliphatic rings. The van der Waals surface area contributed by atoms with Crippen molar-refractivity contribution in [3.63, 3.8) is 0 Å². The maximum Gasteiger partial charge on any atom is 0.407 e. The van der Waals surface area contributed by atoms with Crippen LogP contribution in [0.15, 0.2) is 36.7 Å². The molecule has 1 aromatic carbocycles. The van der Waals surface area contributed by atoms with E-state index >= 15 is 0 Å². The number of aromatic nitrogens is 3. The zero-order valence-electron chi connectivity index (χ0n) is 19.0. The smallest absolute Gasteiger partial charge is 0.407 e. The van der Waals surface area contributed by atoms with Gasteiger partial charge in [0.1, 0.15) is 17.6 Å². The van der Waals surface area contributed by atoms with E-state index in [1.807, 2.05) is 58.2 Å². The van der Waals surface area contributed by atoms with Crippen molar-refractivity contribution in [1.29, 1.82) is 0 Å². The Morgan fingerprint density at radius 1 is 1.34 bits per heavy atom. The Kier molecular flexibility index (Phi) is 6.06. The van der Waals surface area contributed by atoms with Crippen LogP contribution in [0.2, 0.25) is 0 Å². The summed E-state index contributed by atoms with van der Waals surface area (Å²) in [5.74, 6) is 0.219. The van der Waals surface area contributed by atoms with E-state index in [0.29, 0.717) is 23.2 Å². The number of nitrogens with zero attached hydrogens (tertiary/aromatic N) is 3. The molecule has 170 valence electrons. The first-order valence-corrected chi connectivity index (χ1v) is 11.0. The van der Waals surface area contributed by atoms with Crippen molar-refractivity contribution in [2.45, 2.75) is 58.3 Å². The largest absolute Gasteiger partial charge is 0.506 e. The number of benzene rings is 1. The first kappa shape index (κ1) is 22.1. The summed E-state index contributed by atoms with van der Waals surface area (Å²) in [6.07, 6.45) is 5.04. The van der Waals surface area contributed by atoms with Gasteiger partial charge in [-0.15, -0.1) is 0 Å². The summed E-state index contributed by atoms with van der Waals surface area (Å²) >= 11 is 0. The van der Waals surface area contributed by atoms with Crippen molar-refractivity contribution >= 4 is 17.0 Å². The molecule has 0 bridgehead atoms. The molecule has 2 N–H and O–H groups in total. The molecule has 8 heteroatoms. The molecule has 0 radical (unpaired) electrons. The molecule has 1 fully saturated rings. The van der Waals surface area contributed by atoms with Crippen LogP contribution in [0.3, 0.4) is 0 Å². The number of aromatic hydroxyl groups is 1. The number of rotatable bonds is 5. The van der Waals surface area contributed by atoms with Crippen molar-refractivity contribution in [3.05, 3.63) is 42.2 Å². The summed E-state index contributed by atoms with van der Waals surface area (Å²) in [5, 5.41) is 18.9. The number of hydrogen-bond acceptors (Lipinski definition) is 6. The van der Waals surface area contributed by atoms with Crippen LogP contribution >= 0.6 is 0 Å². The third-order valence-electron chi connectivity index (χ3n) is 5.46. The molecule has 2 atom stereocenters. The fourth-order valence-corrected chi connectivity index (χ4v) is 3.75. The molecule has 0 aliphatic carbocycles. The van der Waals surface area contributed by atoms with Gasteiger partial charge in [0.05, 0.1) is 16.6 Å². The van der Waals surface area contributed by atoms with E-state index in [-0.39, 0.29) is 17.9 Å². The van der Waals surface area contributed by atoms with Crippen LogP contribution in [0.25, 0.3) is 22.2 Å². The second-order valence-corrected chi connectivity index (χ2v) is 9.23. The van der Waals surface area contributed by atoms with Gasteiger partial charge in [-0.1, -0.05) is 13.0 Å². The highest BCUT2D eigenvalue weighted by Crippen LogP contribution is 2.36. The van der Waals surface area contributed by atoms with Crippen LogP contribution in [-0.4, -0.2) is 44.7 Å². The van der Waals surface area contributed by atoms with E-state index in [9.17, 15) is 9.90 Å². The molecule has 8 nitrogen and oxygen atoms in total. The van der Waals surface area contributed by atoms with Gasteiger partial charge in [0.25, 0.3) is 0 Å². The lowest BCUT2D eigenvalue weighted by Crippen LogP contribution is -2.34. The maximum absolute atomic E-state index is 11.9. The first-order chi connectivity index (χ1) is 15.2. The summed E-state index contributed by atoms with van der Waals surface area (Å²) < 4.78 is 12.8. The topological polar surface area (TPSA) is 98.5 Å². The van der Waals surface area contributed by atoms with Gasteiger partial charge in [-0.05, 0) is 57.4 Å². The molecule has 1 amide bonds. The predicted molar refractivity (Wildman–Crippen MR) is 122 cm³/mol. The number of hydrogen-bond donors (Lipinski definition) is 2. The van der Waals surface area contributed by atoms with E-state index in [1.165, 1.54) is 0 Å². The molecule has 1 saturated heterocycles. The van der Waals surface area contributed by atoms with E-state index in [2.05, 4.69) is 15.4 Å². The summed E-state index contributed by atoms with van der Waals surface area (Å²) in [5.41, 5.74) is 2.50.